The van der Waals surface area contributed by atoms with Crippen molar-refractivity contribution in [2.45, 2.75) is 6.92 Å². The van der Waals surface area contributed by atoms with E-state index < -0.39 is 5.82 Å². The minimum absolute atomic E-state index is 0.0961. The first kappa shape index (κ1) is 12.0. The van der Waals surface area contributed by atoms with Crippen LogP contribution in [0.3, 0.4) is 0 Å². The molecule has 0 radical (unpaired) electrons. The molecular formula is C14H10BrFO. The Labute approximate surface area is 107 Å². The molecule has 0 spiro atoms. The van der Waals surface area contributed by atoms with Crippen LogP contribution in [0, 0.1) is 12.7 Å². The van der Waals surface area contributed by atoms with Gasteiger partial charge in [0.1, 0.15) is 5.82 Å². The summed E-state index contributed by atoms with van der Waals surface area (Å²) in [4.78, 5) is 12.2. The second kappa shape index (κ2) is 4.80. The monoisotopic (exact) mass is 292 g/mol. The summed E-state index contributed by atoms with van der Waals surface area (Å²) in [6.07, 6.45) is 0. The molecule has 0 aliphatic heterocycles. The summed E-state index contributed by atoms with van der Waals surface area (Å²) in [6, 6.07) is 11.4. The Morgan fingerprint density at radius 2 is 1.82 bits per heavy atom. The van der Waals surface area contributed by atoms with Crippen molar-refractivity contribution in [1.82, 2.24) is 0 Å². The minimum atomic E-state index is -0.495. The highest BCUT2D eigenvalue weighted by Gasteiger charge is 2.15. The van der Waals surface area contributed by atoms with Crippen LogP contribution >= 0.6 is 15.9 Å². The first-order valence-corrected chi connectivity index (χ1v) is 5.94. The molecule has 86 valence electrons. The molecule has 0 aromatic heterocycles. The zero-order chi connectivity index (χ0) is 12.4. The Kier molecular flexibility index (Phi) is 3.38. The quantitative estimate of drug-likeness (QED) is 0.761. The van der Waals surface area contributed by atoms with E-state index in [0.717, 1.165) is 5.56 Å². The van der Waals surface area contributed by atoms with Crippen molar-refractivity contribution in [3.05, 3.63) is 69.4 Å². The zero-order valence-electron chi connectivity index (χ0n) is 9.21. The van der Waals surface area contributed by atoms with E-state index in [1.165, 1.54) is 12.1 Å². The van der Waals surface area contributed by atoms with E-state index >= 15 is 0 Å². The molecule has 0 N–H and O–H groups in total. The highest BCUT2D eigenvalue weighted by molar-refractivity contribution is 9.10. The van der Waals surface area contributed by atoms with Crippen LogP contribution in [0.15, 0.2) is 46.9 Å². The third-order valence-electron chi connectivity index (χ3n) is 2.48. The number of rotatable bonds is 2. The van der Waals surface area contributed by atoms with Crippen LogP contribution in [-0.2, 0) is 0 Å². The smallest absolute Gasteiger partial charge is 0.197 e. The van der Waals surface area contributed by atoms with Crippen molar-refractivity contribution in [2.24, 2.45) is 0 Å². The number of carbonyl (C=O) groups excluding carboxylic acids is 1. The van der Waals surface area contributed by atoms with Crippen molar-refractivity contribution in [1.29, 1.82) is 0 Å². The Hall–Kier alpha value is -1.48. The van der Waals surface area contributed by atoms with Gasteiger partial charge in [-0.15, -0.1) is 0 Å². The van der Waals surface area contributed by atoms with Crippen LogP contribution in [0.2, 0.25) is 0 Å². The molecule has 1 nitrogen and oxygen atoms in total. The summed E-state index contributed by atoms with van der Waals surface area (Å²) in [5, 5.41) is 0. The molecule has 0 heterocycles. The van der Waals surface area contributed by atoms with Gasteiger partial charge in [0.05, 0.1) is 5.56 Å². The fourth-order valence-corrected chi connectivity index (χ4v) is 2.03. The third kappa shape index (κ3) is 2.44. The van der Waals surface area contributed by atoms with Crippen LogP contribution in [0.4, 0.5) is 4.39 Å². The molecule has 0 aliphatic carbocycles. The normalized spacial score (nSPS) is 10.3. The lowest BCUT2D eigenvalue weighted by atomic mass is 10.0. The predicted octanol–water partition coefficient (Wildman–Crippen LogP) is 4.13. The molecule has 0 saturated heterocycles. The van der Waals surface area contributed by atoms with Crippen molar-refractivity contribution >= 4 is 21.7 Å². The van der Waals surface area contributed by atoms with Gasteiger partial charge in [0.15, 0.2) is 5.78 Å². The molecule has 0 bridgehead atoms. The van der Waals surface area contributed by atoms with Crippen molar-refractivity contribution in [3.63, 3.8) is 0 Å². The van der Waals surface area contributed by atoms with E-state index in [-0.39, 0.29) is 11.3 Å². The summed E-state index contributed by atoms with van der Waals surface area (Å²) in [5.41, 5.74) is 1.54. The number of hydrogen-bond acceptors (Lipinski definition) is 1. The molecule has 2 aromatic rings. The van der Waals surface area contributed by atoms with E-state index in [2.05, 4.69) is 15.9 Å². The number of aryl methyl sites for hydroxylation is 1. The Morgan fingerprint density at radius 1 is 1.12 bits per heavy atom. The molecule has 0 saturated carbocycles. The van der Waals surface area contributed by atoms with E-state index in [4.69, 9.17) is 0 Å². The Bertz CT molecular complexity index is 578. The average molecular weight is 293 g/mol. The summed E-state index contributed by atoms with van der Waals surface area (Å²) >= 11 is 3.31. The van der Waals surface area contributed by atoms with Crippen molar-refractivity contribution < 1.29 is 9.18 Å². The van der Waals surface area contributed by atoms with Crippen LogP contribution in [-0.4, -0.2) is 5.78 Å². The molecule has 2 aromatic carbocycles. The van der Waals surface area contributed by atoms with Gasteiger partial charge in [0.25, 0.3) is 0 Å². The highest BCUT2D eigenvalue weighted by atomic mass is 79.9. The third-order valence-corrected chi connectivity index (χ3v) is 3.18. The van der Waals surface area contributed by atoms with E-state index in [1.807, 2.05) is 13.0 Å². The molecule has 0 aliphatic rings. The van der Waals surface area contributed by atoms with Crippen molar-refractivity contribution in [2.75, 3.05) is 0 Å². The largest absolute Gasteiger partial charge is 0.288 e. The maximum absolute atomic E-state index is 13.5. The second-order valence-electron chi connectivity index (χ2n) is 3.79. The fourth-order valence-electron chi connectivity index (χ4n) is 1.60. The minimum Gasteiger partial charge on any atom is -0.288 e. The Morgan fingerprint density at radius 3 is 2.53 bits per heavy atom. The maximum Gasteiger partial charge on any atom is 0.197 e. The lowest BCUT2D eigenvalue weighted by Crippen LogP contribution is -2.05. The van der Waals surface area contributed by atoms with Gasteiger partial charge < -0.3 is 0 Å². The van der Waals surface area contributed by atoms with Gasteiger partial charge >= 0.3 is 0 Å². The van der Waals surface area contributed by atoms with E-state index in [0.29, 0.717) is 10.0 Å². The SMILES string of the molecule is Cc1ccc(Br)c(C(=O)c2ccccc2F)c1. The summed E-state index contributed by atoms with van der Waals surface area (Å²) in [5.74, 6) is -0.801. The summed E-state index contributed by atoms with van der Waals surface area (Å²) < 4.78 is 14.2. The Balaban J connectivity index is 2.51. The van der Waals surface area contributed by atoms with E-state index in [9.17, 15) is 9.18 Å². The lowest BCUT2D eigenvalue weighted by molar-refractivity contribution is 0.103. The standard InChI is InChI=1S/C14H10BrFO/c1-9-6-7-12(15)11(8-9)14(17)10-4-2-3-5-13(10)16/h2-8H,1H3. The van der Waals surface area contributed by atoms with Gasteiger partial charge in [-0.1, -0.05) is 39.7 Å². The molecule has 2 rings (SSSR count). The lowest BCUT2D eigenvalue weighted by Gasteiger charge is -2.06. The van der Waals surface area contributed by atoms with Gasteiger partial charge in [-0.25, -0.2) is 4.39 Å². The van der Waals surface area contributed by atoms with Gasteiger partial charge in [0.2, 0.25) is 0 Å². The number of benzene rings is 2. The molecule has 3 heteroatoms. The average Bonchev–Trinajstić information content (AvgIpc) is 2.32. The molecular weight excluding hydrogens is 283 g/mol. The number of ketones is 1. The van der Waals surface area contributed by atoms with Crippen LogP contribution in [0.1, 0.15) is 21.5 Å². The van der Waals surface area contributed by atoms with E-state index in [1.54, 1.807) is 24.3 Å². The maximum atomic E-state index is 13.5. The van der Waals surface area contributed by atoms with Gasteiger partial charge in [-0.05, 0) is 31.2 Å². The van der Waals surface area contributed by atoms with Gasteiger partial charge in [0, 0.05) is 10.0 Å². The van der Waals surface area contributed by atoms with Crippen LogP contribution in [0.25, 0.3) is 0 Å². The van der Waals surface area contributed by atoms with Gasteiger partial charge in [-0.3, -0.25) is 4.79 Å². The summed E-state index contributed by atoms with van der Waals surface area (Å²) in [7, 11) is 0. The molecule has 0 atom stereocenters. The number of halogens is 2. The topological polar surface area (TPSA) is 17.1 Å². The van der Waals surface area contributed by atoms with Gasteiger partial charge in [-0.2, -0.15) is 0 Å². The van der Waals surface area contributed by atoms with Crippen LogP contribution in [0.5, 0.6) is 0 Å². The van der Waals surface area contributed by atoms with Crippen LogP contribution < -0.4 is 0 Å². The zero-order valence-corrected chi connectivity index (χ0v) is 10.8. The molecule has 17 heavy (non-hydrogen) atoms. The molecule has 0 amide bonds. The second-order valence-corrected chi connectivity index (χ2v) is 4.65. The highest BCUT2D eigenvalue weighted by Crippen LogP contribution is 2.22. The fraction of sp³-hybridized carbons (Fsp3) is 0.0714. The molecule has 0 fully saturated rings. The molecule has 0 unspecified atom stereocenters. The van der Waals surface area contributed by atoms with Crippen molar-refractivity contribution in [3.8, 4) is 0 Å². The number of carbonyl (C=O) groups is 1. The first-order valence-electron chi connectivity index (χ1n) is 5.15. The number of hydrogen-bond donors (Lipinski definition) is 0. The first-order chi connectivity index (χ1) is 8.09. The summed E-state index contributed by atoms with van der Waals surface area (Å²) in [6.45, 7) is 1.89. The predicted molar refractivity (Wildman–Crippen MR) is 68.7 cm³/mol.